The van der Waals surface area contributed by atoms with Crippen molar-refractivity contribution in [3.63, 3.8) is 0 Å². The predicted molar refractivity (Wildman–Crippen MR) is 35.2 cm³/mol. The van der Waals surface area contributed by atoms with E-state index in [1.807, 2.05) is 4.57 Å². The Hall–Kier alpha value is -0.710. The molecule has 0 unspecified atom stereocenters. The Morgan fingerprint density at radius 1 is 1.56 bits per heavy atom. The first kappa shape index (κ1) is 5.10. The number of fused-ring (bicyclic) bond motifs is 1. The van der Waals surface area contributed by atoms with Gasteiger partial charge in [-0.1, -0.05) is 11.8 Å². The summed E-state index contributed by atoms with van der Waals surface area (Å²) in [4.78, 5) is 0. The molecule has 0 aromatic carbocycles. The topological polar surface area (TPSA) is 56.7 Å². The molecule has 0 radical (unpaired) electrons. The molecule has 0 saturated carbocycles. The number of rotatable bonds is 0. The maximum Gasteiger partial charge on any atom is 0.222 e. The highest BCUT2D eigenvalue weighted by molar-refractivity contribution is 7.99. The van der Waals surface area contributed by atoms with Crippen molar-refractivity contribution in [3.05, 3.63) is 0 Å². The monoisotopic (exact) mass is 142 g/mol. The standard InChI is InChI=1S/C4H6N4S/c5-3-6-7-4-8(3)1-2-9-4/h1-2H2,(H2,5,6). The number of nitrogens with two attached hydrogens (primary N) is 1. The van der Waals surface area contributed by atoms with Crippen molar-refractivity contribution >= 4 is 17.7 Å². The molecule has 0 saturated heterocycles. The van der Waals surface area contributed by atoms with Gasteiger partial charge in [0.15, 0.2) is 5.16 Å². The number of thioether (sulfide) groups is 1. The van der Waals surface area contributed by atoms with Gasteiger partial charge in [-0.15, -0.1) is 10.2 Å². The van der Waals surface area contributed by atoms with Crippen LogP contribution in [0, 0.1) is 0 Å². The quantitative estimate of drug-likeness (QED) is 0.552. The molecule has 1 aromatic heterocycles. The molecule has 5 heteroatoms. The summed E-state index contributed by atoms with van der Waals surface area (Å²) >= 11 is 1.70. The Morgan fingerprint density at radius 3 is 3.22 bits per heavy atom. The van der Waals surface area contributed by atoms with Gasteiger partial charge in [0.2, 0.25) is 5.95 Å². The van der Waals surface area contributed by atoms with Crippen LogP contribution in [0.15, 0.2) is 5.16 Å². The van der Waals surface area contributed by atoms with Crippen molar-refractivity contribution in [2.45, 2.75) is 11.7 Å². The van der Waals surface area contributed by atoms with Crippen LogP contribution in [0.3, 0.4) is 0 Å². The smallest absolute Gasteiger partial charge is 0.222 e. The van der Waals surface area contributed by atoms with Crippen LogP contribution in [-0.2, 0) is 6.54 Å². The number of anilines is 1. The molecule has 1 aliphatic rings. The zero-order valence-electron chi connectivity index (χ0n) is 4.74. The lowest BCUT2D eigenvalue weighted by molar-refractivity contribution is 0.729. The van der Waals surface area contributed by atoms with Gasteiger partial charge in [0.1, 0.15) is 0 Å². The SMILES string of the molecule is Nc1nnc2n1CCS2. The van der Waals surface area contributed by atoms with Crippen LogP contribution < -0.4 is 5.73 Å². The molecule has 4 nitrogen and oxygen atoms in total. The van der Waals surface area contributed by atoms with Crippen LogP contribution in [0.5, 0.6) is 0 Å². The van der Waals surface area contributed by atoms with E-state index >= 15 is 0 Å². The fourth-order valence-corrected chi connectivity index (χ4v) is 1.74. The lowest BCUT2D eigenvalue weighted by Gasteiger charge is -1.91. The maximum atomic E-state index is 5.47. The molecule has 0 spiro atoms. The summed E-state index contributed by atoms with van der Waals surface area (Å²) in [5.74, 6) is 1.62. The number of hydrogen-bond donors (Lipinski definition) is 1. The van der Waals surface area contributed by atoms with E-state index in [9.17, 15) is 0 Å². The van der Waals surface area contributed by atoms with Crippen LogP contribution >= 0.6 is 11.8 Å². The summed E-state index contributed by atoms with van der Waals surface area (Å²) in [5, 5.41) is 8.51. The first-order valence-corrected chi connectivity index (χ1v) is 3.68. The molecule has 0 fully saturated rings. The van der Waals surface area contributed by atoms with Crippen LogP contribution in [0.1, 0.15) is 0 Å². The number of hydrogen-bond acceptors (Lipinski definition) is 4. The average molecular weight is 142 g/mol. The lowest BCUT2D eigenvalue weighted by Crippen LogP contribution is -2.00. The first-order valence-electron chi connectivity index (χ1n) is 2.69. The van der Waals surface area contributed by atoms with Crippen LogP contribution in [0.4, 0.5) is 5.95 Å². The Labute approximate surface area is 56.4 Å². The third kappa shape index (κ3) is 0.610. The summed E-state index contributed by atoms with van der Waals surface area (Å²) in [6.45, 7) is 0.957. The van der Waals surface area contributed by atoms with Crippen LogP contribution in [0.25, 0.3) is 0 Å². The molecule has 48 valence electrons. The Kier molecular flexibility index (Phi) is 0.926. The van der Waals surface area contributed by atoms with E-state index in [0.29, 0.717) is 5.95 Å². The second kappa shape index (κ2) is 1.63. The zero-order valence-corrected chi connectivity index (χ0v) is 5.56. The summed E-state index contributed by atoms with van der Waals surface area (Å²) in [5.41, 5.74) is 5.47. The fraction of sp³-hybridized carbons (Fsp3) is 0.500. The first-order chi connectivity index (χ1) is 4.38. The second-order valence-electron chi connectivity index (χ2n) is 1.84. The molecule has 2 rings (SSSR count). The second-order valence-corrected chi connectivity index (χ2v) is 2.90. The Balaban J connectivity index is 2.56. The molecule has 0 atom stereocenters. The maximum absolute atomic E-state index is 5.47. The summed E-state index contributed by atoms with van der Waals surface area (Å²) < 4.78 is 1.92. The van der Waals surface area contributed by atoms with E-state index < -0.39 is 0 Å². The van der Waals surface area contributed by atoms with E-state index in [1.165, 1.54) is 0 Å². The van der Waals surface area contributed by atoms with Crippen molar-refractivity contribution in [3.8, 4) is 0 Å². The van der Waals surface area contributed by atoms with Crippen LogP contribution in [0.2, 0.25) is 0 Å². The molecule has 0 bridgehead atoms. The highest BCUT2D eigenvalue weighted by Gasteiger charge is 2.14. The largest absolute Gasteiger partial charge is 0.368 e. The van der Waals surface area contributed by atoms with Crippen molar-refractivity contribution in [1.82, 2.24) is 14.8 Å². The highest BCUT2D eigenvalue weighted by Crippen LogP contribution is 2.24. The van der Waals surface area contributed by atoms with Crippen LogP contribution in [-0.4, -0.2) is 20.5 Å². The third-order valence-electron chi connectivity index (χ3n) is 1.29. The van der Waals surface area contributed by atoms with Crippen molar-refractivity contribution in [2.24, 2.45) is 0 Å². The van der Waals surface area contributed by atoms with E-state index in [1.54, 1.807) is 11.8 Å². The van der Waals surface area contributed by atoms with Gasteiger partial charge in [-0.25, -0.2) is 0 Å². The van der Waals surface area contributed by atoms with E-state index in [0.717, 1.165) is 17.5 Å². The number of nitrogens with zero attached hydrogens (tertiary/aromatic N) is 3. The van der Waals surface area contributed by atoms with Gasteiger partial charge in [-0.05, 0) is 0 Å². The van der Waals surface area contributed by atoms with E-state index in [-0.39, 0.29) is 0 Å². The van der Waals surface area contributed by atoms with Gasteiger partial charge < -0.3 is 5.73 Å². The molecule has 2 heterocycles. The van der Waals surface area contributed by atoms with Gasteiger partial charge in [0.25, 0.3) is 0 Å². The minimum atomic E-state index is 0.537. The van der Waals surface area contributed by atoms with Gasteiger partial charge in [-0.2, -0.15) is 0 Å². The molecular weight excluding hydrogens is 136 g/mol. The van der Waals surface area contributed by atoms with Crippen molar-refractivity contribution in [2.75, 3.05) is 11.5 Å². The summed E-state index contributed by atoms with van der Waals surface area (Å²) in [7, 11) is 0. The zero-order chi connectivity index (χ0) is 6.27. The Morgan fingerprint density at radius 2 is 2.44 bits per heavy atom. The van der Waals surface area contributed by atoms with E-state index in [2.05, 4.69) is 10.2 Å². The molecule has 1 aromatic rings. The Bertz CT molecular complexity index is 230. The molecule has 1 aliphatic heterocycles. The average Bonchev–Trinajstić information content (AvgIpc) is 2.35. The summed E-state index contributed by atoms with van der Waals surface area (Å²) in [6.07, 6.45) is 0. The van der Waals surface area contributed by atoms with E-state index in [4.69, 9.17) is 5.73 Å². The third-order valence-corrected chi connectivity index (χ3v) is 2.24. The van der Waals surface area contributed by atoms with Crippen molar-refractivity contribution < 1.29 is 0 Å². The molecule has 2 N–H and O–H groups in total. The summed E-state index contributed by atoms with van der Waals surface area (Å²) in [6, 6.07) is 0. The lowest BCUT2D eigenvalue weighted by atomic mass is 10.7. The highest BCUT2D eigenvalue weighted by atomic mass is 32.2. The number of nitrogen functional groups attached to an aromatic ring is 1. The predicted octanol–water partition coefficient (Wildman–Crippen LogP) is -0.0340. The molecule has 0 amide bonds. The minimum Gasteiger partial charge on any atom is -0.368 e. The van der Waals surface area contributed by atoms with Crippen molar-refractivity contribution in [1.29, 1.82) is 0 Å². The van der Waals surface area contributed by atoms with Gasteiger partial charge in [0, 0.05) is 12.3 Å². The van der Waals surface area contributed by atoms with Gasteiger partial charge in [-0.3, -0.25) is 4.57 Å². The minimum absolute atomic E-state index is 0.537. The molecular formula is C4H6N4S. The molecule has 0 aliphatic carbocycles. The van der Waals surface area contributed by atoms with Gasteiger partial charge in [0.05, 0.1) is 0 Å². The fourth-order valence-electron chi connectivity index (χ4n) is 0.845. The van der Waals surface area contributed by atoms with Gasteiger partial charge >= 0.3 is 0 Å². The normalized spacial score (nSPS) is 16.0. The molecule has 9 heavy (non-hydrogen) atoms. The number of aromatic nitrogens is 3.